The van der Waals surface area contributed by atoms with E-state index < -0.39 is 51.0 Å². The molecule has 2 N–H and O–H groups in total. The number of aliphatic carboxylic acids is 1. The maximum absolute atomic E-state index is 14.0. The maximum atomic E-state index is 14.0. The third-order valence-corrected chi connectivity index (χ3v) is 10.2. The largest absolute Gasteiger partial charge is 0.480 e. The Bertz CT molecular complexity index is 1880. The van der Waals surface area contributed by atoms with E-state index in [1.165, 1.54) is 18.2 Å². The fraction of sp³-hybridized carbons (Fsp3) is 0.233. The Morgan fingerprint density at radius 2 is 1.50 bits per heavy atom. The molecule has 9 nitrogen and oxygen atoms in total. The smallest absolute Gasteiger partial charge is 0.449 e. The highest BCUT2D eigenvalue weighted by molar-refractivity contribution is 7.89. The van der Waals surface area contributed by atoms with Crippen LogP contribution >= 0.6 is 0 Å². The predicted molar refractivity (Wildman–Crippen MR) is 155 cm³/mol. The monoisotopic (exact) mass is 650 g/mol. The number of rotatable bonds is 11. The quantitative estimate of drug-likeness (QED) is 0.215. The van der Waals surface area contributed by atoms with Gasteiger partial charge in [-0.2, -0.15) is 22.2 Å². The third-order valence-electron chi connectivity index (χ3n) is 6.68. The number of nitrogens with one attached hydrogen (secondary N) is 1. The number of alkyl halides is 3. The van der Waals surface area contributed by atoms with Gasteiger partial charge in [-0.1, -0.05) is 54.1 Å². The lowest BCUT2D eigenvalue weighted by Gasteiger charge is -2.24. The highest BCUT2D eigenvalue weighted by Crippen LogP contribution is 2.33. The van der Waals surface area contributed by atoms with Crippen LogP contribution in [0, 0.1) is 20.8 Å². The van der Waals surface area contributed by atoms with Gasteiger partial charge in [0, 0.05) is 6.54 Å². The molecule has 1 heterocycles. The molecule has 4 aromatic rings. The van der Waals surface area contributed by atoms with Crippen molar-refractivity contribution in [2.24, 2.45) is 0 Å². The van der Waals surface area contributed by atoms with E-state index in [4.69, 9.17) is 9.52 Å². The number of sulfonamides is 2. The predicted octanol–water partition coefficient (Wildman–Crippen LogP) is 5.64. The second kappa shape index (κ2) is 12.6. The molecule has 0 aliphatic rings. The molecule has 0 radical (unpaired) electrons. The first-order valence-electron chi connectivity index (χ1n) is 13.1. The second-order valence-electron chi connectivity index (χ2n) is 10.2. The molecule has 0 fully saturated rings. The van der Waals surface area contributed by atoms with Crippen molar-refractivity contribution in [3.8, 4) is 11.1 Å². The first kappa shape index (κ1) is 32.9. The molecule has 3 aromatic carbocycles. The van der Waals surface area contributed by atoms with Crippen LogP contribution < -0.4 is 4.72 Å². The summed E-state index contributed by atoms with van der Waals surface area (Å²) in [5.74, 6) is -2.76. The summed E-state index contributed by atoms with van der Waals surface area (Å²) < 4.78 is 100. The summed E-state index contributed by atoms with van der Waals surface area (Å²) in [7, 11) is -8.30. The summed E-state index contributed by atoms with van der Waals surface area (Å²) in [6.07, 6.45) is -4.73. The van der Waals surface area contributed by atoms with Gasteiger partial charge in [0.05, 0.1) is 16.3 Å². The Hall–Kier alpha value is -3.98. The lowest BCUT2D eigenvalue weighted by molar-refractivity contribution is -0.153. The van der Waals surface area contributed by atoms with Gasteiger partial charge >= 0.3 is 12.1 Å². The molecule has 0 saturated heterocycles. The number of carboxylic acids is 1. The van der Waals surface area contributed by atoms with Gasteiger partial charge < -0.3 is 9.52 Å². The standard InChI is InChI=1S/C30H29F3N2O7S2/c1-19-13-20(2)29(21(3)14-19)44(40,41)35(18-25-11-12-27(42-25)30(31,32)33)17-22-7-9-23(10-8-22)24-5-4-6-26(15-24)43(38,39)34-16-28(36)37/h4-15,34H,16-18H2,1-3H3,(H,36,37). The first-order valence-corrected chi connectivity index (χ1v) is 16.0. The van der Waals surface area contributed by atoms with E-state index in [-0.39, 0.29) is 22.1 Å². The van der Waals surface area contributed by atoms with Crippen LogP contribution in [-0.2, 0) is 44.1 Å². The molecule has 14 heteroatoms. The zero-order chi connectivity index (χ0) is 32.4. The SMILES string of the molecule is Cc1cc(C)c(S(=O)(=O)N(Cc2ccc(-c3cccc(S(=O)(=O)NCC(=O)O)c3)cc2)Cc2ccc(C(F)(F)F)o2)c(C)c1. The number of carboxylic acid groups (broad SMARTS) is 1. The first-order chi connectivity index (χ1) is 20.5. The van der Waals surface area contributed by atoms with E-state index in [0.29, 0.717) is 27.8 Å². The Morgan fingerprint density at radius 3 is 2.07 bits per heavy atom. The molecule has 0 unspecified atom stereocenters. The third kappa shape index (κ3) is 7.56. The lowest BCUT2D eigenvalue weighted by atomic mass is 10.0. The minimum Gasteiger partial charge on any atom is -0.480 e. The Morgan fingerprint density at radius 1 is 0.864 bits per heavy atom. The highest BCUT2D eigenvalue weighted by Gasteiger charge is 2.36. The van der Waals surface area contributed by atoms with E-state index >= 15 is 0 Å². The fourth-order valence-corrected chi connectivity index (χ4v) is 7.63. The minimum absolute atomic E-state index is 0.0526. The van der Waals surface area contributed by atoms with Gasteiger partial charge in [-0.15, -0.1) is 0 Å². The topological polar surface area (TPSA) is 134 Å². The number of nitrogens with zero attached hydrogens (tertiary/aromatic N) is 1. The molecule has 0 atom stereocenters. The van der Waals surface area contributed by atoms with Crippen molar-refractivity contribution in [3.63, 3.8) is 0 Å². The van der Waals surface area contributed by atoms with Crippen molar-refractivity contribution in [2.75, 3.05) is 6.54 Å². The van der Waals surface area contributed by atoms with Crippen molar-refractivity contribution < 1.29 is 44.3 Å². The van der Waals surface area contributed by atoms with Crippen LogP contribution in [0.4, 0.5) is 13.2 Å². The number of aryl methyl sites for hydroxylation is 3. The number of hydrogen-bond donors (Lipinski definition) is 2. The van der Waals surface area contributed by atoms with E-state index in [0.717, 1.165) is 22.0 Å². The fourth-order valence-electron chi connectivity index (χ4n) is 4.81. The van der Waals surface area contributed by atoms with E-state index in [1.807, 2.05) is 11.6 Å². The number of furan rings is 1. The zero-order valence-electron chi connectivity index (χ0n) is 23.8. The van der Waals surface area contributed by atoms with Crippen molar-refractivity contribution in [1.82, 2.24) is 9.03 Å². The summed E-state index contributed by atoms with van der Waals surface area (Å²) >= 11 is 0. The Kier molecular flexibility index (Phi) is 9.40. The number of carbonyl (C=O) groups is 1. The van der Waals surface area contributed by atoms with Gasteiger partial charge in [0.2, 0.25) is 25.8 Å². The Labute approximate surface area is 253 Å². The van der Waals surface area contributed by atoms with Crippen LogP contribution in [0.3, 0.4) is 0 Å². The normalized spacial score (nSPS) is 12.5. The average Bonchev–Trinajstić information content (AvgIpc) is 3.41. The van der Waals surface area contributed by atoms with Gasteiger partial charge in [-0.05, 0) is 72.9 Å². The Balaban J connectivity index is 1.67. The highest BCUT2D eigenvalue weighted by atomic mass is 32.2. The van der Waals surface area contributed by atoms with E-state index in [2.05, 4.69) is 0 Å². The van der Waals surface area contributed by atoms with E-state index in [9.17, 15) is 34.8 Å². The molecule has 0 aliphatic carbocycles. The van der Waals surface area contributed by atoms with E-state index in [1.54, 1.807) is 56.3 Å². The maximum Gasteiger partial charge on any atom is 0.449 e. The molecule has 1 aromatic heterocycles. The van der Waals surface area contributed by atoms with Crippen molar-refractivity contribution >= 4 is 26.0 Å². The van der Waals surface area contributed by atoms with Crippen LogP contribution in [0.15, 0.2) is 87.0 Å². The van der Waals surface area contributed by atoms with Crippen LogP contribution in [-0.4, -0.2) is 38.8 Å². The van der Waals surface area contributed by atoms with Gasteiger partial charge in [-0.3, -0.25) is 4.79 Å². The minimum atomic E-state index is -4.73. The van der Waals surface area contributed by atoms with Crippen LogP contribution in [0.2, 0.25) is 0 Å². The number of benzene rings is 3. The second-order valence-corrected chi connectivity index (χ2v) is 13.8. The average molecular weight is 651 g/mol. The molecular weight excluding hydrogens is 621 g/mol. The van der Waals surface area contributed by atoms with Gasteiger partial charge in [0.1, 0.15) is 12.3 Å². The summed E-state index contributed by atoms with van der Waals surface area (Å²) in [5, 5.41) is 8.80. The van der Waals surface area contributed by atoms with Gasteiger partial charge in [0.25, 0.3) is 0 Å². The number of halogens is 3. The zero-order valence-corrected chi connectivity index (χ0v) is 25.5. The molecule has 0 amide bonds. The lowest BCUT2D eigenvalue weighted by Crippen LogP contribution is -2.31. The van der Waals surface area contributed by atoms with Crippen LogP contribution in [0.25, 0.3) is 11.1 Å². The van der Waals surface area contributed by atoms with Gasteiger partial charge in [0.15, 0.2) is 0 Å². The van der Waals surface area contributed by atoms with Crippen molar-refractivity contribution in [3.05, 3.63) is 107 Å². The van der Waals surface area contributed by atoms with Crippen LogP contribution in [0.5, 0.6) is 0 Å². The molecular formula is C30H29F3N2O7S2. The molecule has 0 saturated carbocycles. The van der Waals surface area contributed by atoms with Crippen LogP contribution in [0.1, 0.15) is 33.8 Å². The molecule has 234 valence electrons. The molecule has 4 rings (SSSR count). The van der Waals surface area contributed by atoms with Crippen molar-refractivity contribution in [1.29, 1.82) is 0 Å². The number of hydrogen-bond acceptors (Lipinski definition) is 6. The molecule has 0 bridgehead atoms. The van der Waals surface area contributed by atoms with Crippen molar-refractivity contribution in [2.45, 2.75) is 49.8 Å². The van der Waals surface area contributed by atoms with Gasteiger partial charge in [-0.25, -0.2) is 16.8 Å². The molecule has 0 spiro atoms. The summed E-state index contributed by atoms with van der Waals surface area (Å²) in [6, 6.07) is 17.7. The summed E-state index contributed by atoms with van der Waals surface area (Å²) in [4.78, 5) is 10.7. The molecule has 0 aliphatic heterocycles. The summed E-state index contributed by atoms with van der Waals surface area (Å²) in [5.41, 5.74) is 3.44. The summed E-state index contributed by atoms with van der Waals surface area (Å²) in [6.45, 7) is 3.69. The molecule has 44 heavy (non-hydrogen) atoms.